The van der Waals surface area contributed by atoms with E-state index in [9.17, 15) is 9.59 Å². The predicted molar refractivity (Wildman–Crippen MR) is 118 cm³/mol. The van der Waals surface area contributed by atoms with Crippen LogP contribution in [0.2, 0.25) is 0 Å². The summed E-state index contributed by atoms with van der Waals surface area (Å²) >= 11 is 1.49. The van der Waals surface area contributed by atoms with Crippen molar-refractivity contribution in [2.24, 2.45) is 0 Å². The van der Waals surface area contributed by atoms with Gasteiger partial charge in [-0.2, -0.15) is 0 Å². The first-order valence-corrected chi connectivity index (χ1v) is 10.4. The summed E-state index contributed by atoms with van der Waals surface area (Å²) in [6, 6.07) is 14.0. The molecular formula is C23H23N3O2S. The van der Waals surface area contributed by atoms with Gasteiger partial charge in [-0.3, -0.25) is 14.2 Å². The van der Waals surface area contributed by atoms with Crippen molar-refractivity contribution in [1.82, 2.24) is 14.1 Å². The lowest BCUT2D eigenvalue weighted by molar-refractivity contribution is 0.0970. The first-order chi connectivity index (χ1) is 13.9. The molecule has 0 spiro atoms. The topological polar surface area (TPSA) is 56.9 Å². The molecule has 0 amide bonds. The van der Waals surface area contributed by atoms with Gasteiger partial charge in [0, 0.05) is 27.9 Å². The van der Waals surface area contributed by atoms with Crippen molar-refractivity contribution >= 4 is 27.3 Å². The van der Waals surface area contributed by atoms with Crippen molar-refractivity contribution in [3.63, 3.8) is 0 Å². The predicted octanol–water partition coefficient (Wildman–Crippen LogP) is 5.01. The van der Waals surface area contributed by atoms with Gasteiger partial charge in [-0.1, -0.05) is 30.3 Å². The van der Waals surface area contributed by atoms with Crippen molar-refractivity contribution in [1.29, 1.82) is 0 Å². The molecule has 6 heteroatoms. The maximum Gasteiger partial charge on any atom is 0.262 e. The van der Waals surface area contributed by atoms with Crippen LogP contribution in [0.4, 0.5) is 0 Å². The van der Waals surface area contributed by atoms with Crippen LogP contribution in [-0.2, 0) is 6.54 Å². The number of hydrogen-bond donors (Lipinski definition) is 0. The Morgan fingerprint density at radius 3 is 2.52 bits per heavy atom. The van der Waals surface area contributed by atoms with E-state index < -0.39 is 0 Å². The molecule has 0 fully saturated rings. The number of aromatic nitrogens is 3. The van der Waals surface area contributed by atoms with Crippen LogP contribution in [-0.4, -0.2) is 19.9 Å². The number of ketones is 1. The van der Waals surface area contributed by atoms with E-state index in [0.717, 1.165) is 21.8 Å². The van der Waals surface area contributed by atoms with Crippen LogP contribution in [0.5, 0.6) is 0 Å². The van der Waals surface area contributed by atoms with Crippen molar-refractivity contribution in [2.75, 3.05) is 0 Å². The number of rotatable bonds is 5. The van der Waals surface area contributed by atoms with Gasteiger partial charge in [-0.25, -0.2) is 4.98 Å². The highest BCUT2D eigenvalue weighted by Gasteiger charge is 2.19. The molecule has 29 heavy (non-hydrogen) atoms. The molecule has 0 radical (unpaired) electrons. The normalized spacial score (nSPS) is 11.5. The maximum atomic E-state index is 13.0. The lowest BCUT2D eigenvalue weighted by atomic mass is 10.1. The summed E-state index contributed by atoms with van der Waals surface area (Å²) in [7, 11) is 0. The number of benzene rings is 1. The summed E-state index contributed by atoms with van der Waals surface area (Å²) in [5, 5.41) is 0.553. The van der Waals surface area contributed by atoms with E-state index >= 15 is 0 Å². The first kappa shape index (κ1) is 19.3. The summed E-state index contributed by atoms with van der Waals surface area (Å²) in [4.78, 5) is 32.0. The van der Waals surface area contributed by atoms with Crippen LogP contribution in [0.1, 0.15) is 41.6 Å². The number of thiophene rings is 1. The fourth-order valence-corrected chi connectivity index (χ4v) is 4.91. The van der Waals surface area contributed by atoms with Crippen molar-refractivity contribution < 1.29 is 4.79 Å². The summed E-state index contributed by atoms with van der Waals surface area (Å²) in [5.41, 5.74) is 3.52. The van der Waals surface area contributed by atoms with Gasteiger partial charge in [0.2, 0.25) is 0 Å². The highest BCUT2D eigenvalue weighted by atomic mass is 32.1. The highest BCUT2D eigenvalue weighted by molar-refractivity contribution is 7.21. The van der Waals surface area contributed by atoms with Crippen LogP contribution in [0.3, 0.4) is 0 Å². The molecule has 0 saturated carbocycles. The van der Waals surface area contributed by atoms with E-state index in [2.05, 4.69) is 23.4 Å². The zero-order valence-electron chi connectivity index (χ0n) is 17.0. The van der Waals surface area contributed by atoms with Gasteiger partial charge in [0.15, 0.2) is 5.78 Å². The van der Waals surface area contributed by atoms with E-state index in [-0.39, 0.29) is 23.9 Å². The molecule has 4 aromatic rings. The van der Waals surface area contributed by atoms with Crippen LogP contribution < -0.4 is 5.56 Å². The van der Waals surface area contributed by atoms with Gasteiger partial charge in [0.05, 0.1) is 18.3 Å². The third-order valence-corrected chi connectivity index (χ3v) is 6.28. The molecule has 0 bridgehead atoms. The molecule has 1 aromatic carbocycles. The third kappa shape index (κ3) is 3.44. The zero-order chi connectivity index (χ0) is 20.7. The molecule has 0 aliphatic heterocycles. The minimum absolute atomic E-state index is 0.0132. The Morgan fingerprint density at radius 2 is 1.86 bits per heavy atom. The summed E-state index contributed by atoms with van der Waals surface area (Å²) < 4.78 is 3.55. The number of hydrogen-bond acceptors (Lipinski definition) is 4. The van der Waals surface area contributed by atoms with Crippen LogP contribution in [0.25, 0.3) is 20.7 Å². The van der Waals surface area contributed by atoms with Gasteiger partial charge in [-0.05, 0) is 45.4 Å². The molecule has 0 N–H and O–H groups in total. The number of carbonyl (C=O) groups excluding carboxylic acids is 1. The molecule has 4 rings (SSSR count). The average Bonchev–Trinajstić information content (AvgIpc) is 3.26. The minimum Gasteiger partial charge on any atom is -0.346 e. The SMILES string of the molecule is Cc1cc(C(=O)Cn2cnc3sc(-c4ccccc4)cc3c2=O)c(C)n1C(C)C. The van der Waals surface area contributed by atoms with E-state index in [1.165, 1.54) is 22.2 Å². The van der Waals surface area contributed by atoms with E-state index in [1.54, 1.807) is 0 Å². The number of carbonyl (C=O) groups is 1. The molecule has 148 valence electrons. The molecule has 0 unspecified atom stereocenters. The van der Waals surface area contributed by atoms with Crippen molar-refractivity contribution in [3.05, 3.63) is 76.1 Å². The van der Waals surface area contributed by atoms with Gasteiger partial charge in [0.1, 0.15) is 4.83 Å². The fourth-order valence-electron chi connectivity index (χ4n) is 3.91. The van der Waals surface area contributed by atoms with Crippen molar-refractivity contribution in [2.45, 2.75) is 40.3 Å². The van der Waals surface area contributed by atoms with E-state index in [0.29, 0.717) is 15.8 Å². The quantitative estimate of drug-likeness (QED) is 0.439. The van der Waals surface area contributed by atoms with Gasteiger partial charge >= 0.3 is 0 Å². The van der Waals surface area contributed by atoms with Crippen LogP contribution >= 0.6 is 11.3 Å². The Morgan fingerprint density at radius 1 is 1.14 bits per heavy atom. The highest BCUT2D eigenvalue weighted by Crippen LogP contribution is 2.30. The Hall–Kier alpha value is -2.99. The summed E-state index contributed by atoms with van der Waals surface area (Å²) in [6.07, 6.45) is 1.48. The lowest BCUT2D eigenvalue weighted by Crippen LogP contribution is -2.24. The Bertz CT molecular complexity index is 1260. The van der Waals surface area contributed by atoms with Gasteiger partial charge in [0.25, 0.3) is 5.56 Å². The Labute approximate surface area is 173 Å². The second-order valence-electron chi connectivity index (χ2n) is 7.54. The van der Waals surface area contributed by atoms with E-state index in [4.69, 9.17) is 0 Å². The van der Waals surface area contributed by atoms with Crippen LogP contribution in [0, 0.1) is 13.8 Å². The van der Waals surface area contributed by atoms with Gasteiger partial charge in [-0.15, -0.1) is 11.3 Å². The molecule has 0 saturated heterocycles. The van der Waals surface area contributed by atoms with Crippen LogP contribution in [0.15, 0.2) is 53.6 Å². The fraction of sp³-hybridized carbons (Fsp3) is 0.261. The van der Waals surface area contributed by atoms with E-state index in [1.807, 2.05) is 56.3 Å². The van der Waals surface area contributed by atoms with Crippen molar-refractivity contribution in [3.8, 4) is 10.4 Å². The molecule has 3 aromatic heterocycles. The molecule has 0 aliphatic rings. The Balaban J connectivity index is 1.69. The largest absolute Gasteiger partial charge is 0.346 e. The minimum atomic E-state index is -0.181. The standard InChI is InChI=1S/C23H23N3O2S/c1-14(2)26-15(3)10-18(16(26)4)20(27)12-25-13-24-22-19(23(25)28)11-21(29-22)17-8-6-5-7-9-17/h5-11,13-14H,12H2,1-4H3. The first-order valence-electron chi connectivity index (χ1n) is 9.63. The number of Topliss-reactive ketones (excluding diaryl/α,β-unsaturated/α-hetero) is 1. The monoisotopic (exact) mass is 405 g/mol. The zero-order valence-corrected chi connectivity index (χ0v) is 17.8. The number of nitrogens with zero attached hydrogens (tertiary/aromatic N) is 3. The third-order valence-electron chi connectivity index (χ3n) is 5.19. The second-order valence-corrected chi connectivity index (χ2v) is 8.58. The number of aryl methyl sites for hydroxylation is 1. The lowest BCUT2D eigenvalue weighted by Gasteiger charge is -2.13. The summed E-state index contributed by atoms with van der Waals surface area (Å²) in [5.74, 6) is -0.0771. The summed E-state index contributed by atoms with van der Waals surface area (Å²) in [6.45, 7) is 8.13. The molecule has 5 nitrogen and oxygen atoms in total. The molecule has 0 atom stereocenters. The molecule has 0 aliphatic carbocycles. The average molecular weight is 406 g/mol. The maximum absolute atomic E-state index is 13.0. The smallest absolute Gasteiger partial charge is 0.262 e. The molecule has 3 heterocycles. The second kappa shape index (κ2) is 7.44. The molecular weight excluding hydrogens is 382 g/mol. The number of fused-ring (bicyclic) bond motifs is 1. The Kier molecular flexibility index (Phi) is 4.96. The van der Waals surface area contributed by atoms with Gasteiger partial charge < -0.3 is 4.57 Å².